The van der Waals surface area contributed by atoms with Crippen molar-refractivity contribution >= 4 is 0 Å². The van der Waals surface area contributed by atoms with Gasteiger partial charge in [-0.1, -0.05) is 19.0 Å². The Labute approximate surface area is 109 Å². The van der Waals surface area contributed by atoms with E-state index in [0.717, 1.165) is 31.3 Å². The van der Waals surface area contributed by atoms with Gasteiger partial charge in [0.2, 0.25) is 6.39 Å². The van der Waals surface area contributed by atoms with Crippen molar-refractivity contribution in [1.29, 1.82) is 0 Å². The van der Waals surface area contributed by atoms with Crippen LogP contribution in [0.25, 0.3) is 0 Å². The molecule has 1 aromatic rings. The van der Waals surface area contributed by atoms with Crippen LogP contribution >= 0.6 is 0 Å². The molecule has 2 unspecified atom stereocenters. The van der Waals surface area contributed by atoms with Crippen LogP contribution in [0, 0.1) is 5.92 Å². The van der Waals surface area contributed by atoms with Crippen LogP contribution in [0.1, 0.15) is 32.5 Å². The minimum Gasteiger partial charge on any atom is -0.343 e. The molecule has 0 saturated carbocycles. The molecule has 2 heterocycles. The number of hydrogen-bond donors (Lipinski definition) is 1. The quantitative estimate of drug-likeness (QED) is 0.827. The molecule has 0 aliphatic carbocycles. The molecule has 1 aliphatic heterocycles. The first-order chi connectivity index (χ1) is 8.79. The number of nitrogens with one attached hydrogen (secondary N) is 1. The molecule has 0 aromatic carbocycles. The highest BCUT2D eigenvalue weighted by Crippen LogP contribution is 2.16. The van der Waals surface area contributed by atoms with Crippen molar-refractivity contribution < 1.29 is 4.52 Å². The van der Waals surface area contributed by atoms with Crippen LogP contribution in [0.15, 0.2) is 10.9 Å². The maximum absolute atomic E-state index is 4.75. The summed E-state index contributed by atoms with van der Waals surface area (Å²) in [5.41, 5.74) is 0. The Morgan fingerprint density at radius 3 is 3.11 bits per heavy atom. The summed E-state index contributed by atoms with van der Waals surface area (Å²) in [6.45, 7) is 9.07. The molecule has 2 atom stereocenters. The van der Waals surface area contributed by atoms with Crippen LogP contribution in [0.3, 0.4) is 0 Å². The van der Waals surface area contributed by atoms with Gasteiger partial charge in [0.15, 0.2) is 5.82 Å². The fourth-order valence-corrected chi connectivity index (χ4v) is 2.63. The van der Waals surface area contributed by atoms with Crippen LogP contribution in [-0.4, -0.2) is 47.3 Å². The highest BCUT2D eigenvalue weighted by atomic mass is 16.5. The van der Waals surface area contributed by atoms with E-state index < -0.39 is 0 Å². The topological polar surface area (TPSA) is 54.2 Å². The largest absolute Gasteiger partial charge is 0.343 e. The Balaban J connectivity index is 1.70. The smallest absolute Gasteiger partial charge is 0.213 e. The van der Waals surface area contributed by atoms with Gasteiger partial charge in [-0.2, -0.15) is 4.98 Å². The number of aromatic nitrogens is 2. The first-order valence-electron chi connectivity index (χ1n) is 7.00. The molecular weight excluding hydrogens is 228 g/mol. The molecule has 0 radical (unpaired) electrons. The predicted octanol–water partition coefficient (Wildman–Crippen LogP) is 1.32. The van der Waals surface area contributed by atoms with Crippen molar-refractivity contribution in [3.05, 3.63) is 12.2 Å². The van der Waals surface area contributed by atoms with Crippen LogP contribution in [0.4, 0.5) is 0 Å². The number of hydrogen-bond acceptors (Lipinski definition) is 5. The van der Waals surface area contributed by atoms with Gasteiger partial charge in [0, 0.05) is 25.6 Å². The number of rotatable bonds is 6. The SMILES string of the molecule is CCCNC1CCN(CCc2ncon2)CC1C. The summed E-state index contributed by atoms with van der Waals surface area (Å²) < 4.78 is 4.75. The fraction of sp³-hybridized carbons (Fsp3) is 0.846. The zero-order chi connectivity index (χ0) is 12.8. The van der Waals surface area contributed by atoms with Gasteiger partial charge in [0.25, 0.3) is 0 Å². The molecule has 0 amide bonds. The van der Waals surface area contributed by atoms with Crippen LogP contribution in [0.5, 0.6) is 0 Å². The molecule has 1 aliphatic rings. The van der Waals surface area contributed by atoms with E-state index in [2.05, 4.69) is 34.2 Å². The second-order valence-electron chi connectivity index (χ2n) is 5.22. The van der Waals surface area contributed by atoms with Crippen molar-refractivity contribution in [2.24, 2.45) is 5.92 Å². The summed E-state index contributed by atoms with van der Waals surface area (Å²) in [6, 6.07) is 0.686. The summed E-state index contributed by atoms with van der Waals surface area (Å²) in [7, 11) is 0. The van der Waals surface area contributed by atoms with E-state index in [4.69, 9.17) is 4.52 Å². The molecule has 5 heteroatoms. The maximum Gasteiger partial charge on any atom is 0.213 e. The summed E-state index contributed by atoms with van der Waals surface area (Å²) >= 11 is 0. The number of piperidine rings is 1. The second kappa shape index (κ2) is 6.85. The van der Waals surface area contributed by atoms with Gasteiger partial charge in [-0.15, -0.1) is 0 Å². The van der Waals surface area contributed by atoms with Crippen LogP contribution < -0.4 is 5.32 Å². The minimum atomic E-state index is 0.686. The number of likely N-dealkylation sites (tertiary alicyclic amines) is 1. The minimum absolute atomic E-state index is 0.686. The summed E-state index contributed by atoms with van der Waals surface area (Å²) in [5.74, 6) is 1.53. The van der Waals surface area contributed by atoms with Crippen LogP contribution in [-0.2, 0) is 6.42 Å². The third kappa shape index (κ3) is 3.78. The van der Waals surface area contributed by atoms with Crippen molar-refractivity contribution in [2.75, 3.05) is 26.2 Å². The third-order valence-corrected chi connectivity index (χ3v) is 3.70. The van der Waals surface area contributed by atoms with Gasteiger partial charge in [0.05, 0.1) is 0 Å². The Kier molecular flexibility index (Phi) is 5.13. The summed E-state index contributed by atoms with van der Waals surface area (Å²) in [6.07, 6.45) is 4.74. The van der Waals surface area contributed by atoms with Crippen molar-refractivity contribution in [3.63, 3.8) is 0 Å². The van der Waals surface area contributed by atoms with E-state index in [-0.39, 0.29) is 0 Å². The van der Waals surface area contributed by atoms with Crippen molar-refractivity contribution in [1.82, 2.24) is 20.4 Å². The molecule has 1 N–H and O–H groups in total. The third-order valence-electron chi connectivity index (χ3n) is 3.70. The fourth-order valence-electron chi connectivity index (χ4n) is 2.63. The summed E-state index contributed by atoms with van der Waals surface area (Å²) in [4.78, 5) is 6.56. The van der Waals surface area contributed by atoms with Crippen molar-refractivity contribution in [3.8, 4) is 0 Å². The highest BCUT2D eigenvalue weighted by Gasteiger charge is 2.25. The Morgan fingerprint density at radius 1 is 1.56 bits per heavy atom. The maximum atomic E-state index is 4.75. The van der Waals surface area contributed by atoms with E-state index >= 15 is 0 Å². The molecule has 0 spiro atoms. The lowest BCUT2D eigenvalue weighted by atomic mass is 9.93. The zero-order valence-electron chi connectivity index (χ0n) is 11.4. The van der Waals surface area contributed by atoms with E-state index in [0.29, 0.717) is 6.04 Å². The normalized spacial score (nSPS) is 25.4. The van der Waals surface area contributed by atoms with E-state index in [9.17, 15) is 0 Å². The van der Waals surface area contributed by atoms with Gasteiger partial charge >= 0.3 is 0 Å². The Morgan fingerprint density at radius 2 is 2.44 bits per heavy atom. The van der Waals surface area contributed by atoms with Gasteiger partial charge in [-0.05, 0) is 31.8 Å². The molecular formula is C13H24N4O. The molecule has 18 heavy (non-hydrogen) atoms. The predicted molar refractivity (Wildman–Crippen MR) is 70.3 cm³/mol. The lowest BCUT2D eigenvalue weighted by molar-refractivity contribution is 0.148. The van der Waals surface area contributed by atoms with E-state index in [1.54, 1.807) is 0 Å². The lowest BCUT2D eigenvalue weighted by Gasteiger charge is -2.37. The van der Waals surface area contributed by atoms with Gasteiger partial charge in [0.1, 0.15) is 0 Å². The highest BCUT2D eigenvalue weighted by molar-refractivity contribution is 4.85. The molecule has 1 saturated heterocycles. The Hall–Kier alpha value is -0.940. The van der Waals surface area contributed by atoms with Gasteiger partial charge in [-0.25, -0.2) is 0 Å². The second-order valence-corrected chi connectivity index (χ2v) is 5.22. The monoisotopic (exact) mass is 252 g/mol. The van der Waals surface area contributed by atoms with Gasteiger partial charge < -0.3 is 14.7 Å². The molecule has 1 aromatic heterocycles. The van der Waals surface area contributed by atoms with Gasteiger partial charge in [-0.3, -0.25) is 0 Å². The van der Waals surface area contributed by atoms with Crippen LogP contribution in [0.2, 0.25) is 0 Å². The van der Waals surface area contributed by atoms with E-state index in [1.807, 2.05) is 0 Å². The molecule has 0 bridgehead atoms. The van der Waals surface area contributed by atoms with Crippen molar-refractivity contribution in [2.45, 2.75) is 39.2 Å². The molecule has 2 rings (SSSR count). The average molecular weight is 252 g/mol. The first-order valence-corrected chi connectivity index (χ1v) is 7.00. The molecule has 102 valence electrons. The lowest BCUT2D eigenvalue weighted by Crippen LogP contribution is -2.48. The standard InChI is InChI=1S/C13H24N4O/c1-3-6-14-12-4-7-17(9-11(12)2)8-5-13-15-10-18-16-13/h10-12,14H,3-9H2,1-2H3. The Bertz CT molecular complexity index is 328. The molecule has 1 fully saturated rings. The van der Waals surface area contributed by atoms with E-state index in [1.165, 1.54) is 32.3 Å². The first kappa shape index (κ1) is 13.5. The average Bonchev–Trinajstić information content (AvgIpc) is 2.88. The zero-order valence-corrected chi connectivity index (χ0v) is 11.4. The molecule has 5 nitrogen and oxygen atoms in total. The number of nitrogens with zero attached hydrogens (tertiary/aromatic N) is 3. The summed E-state index contributed by atoms with van der Waals surface area (Å²) in [5, 5.41) is 7.49.